The van der Waals surface area contributed by atoms with Gasteiger partial charge in [0.1, 0.15) is 17.0 Å². The fraction of sp³-hybridized carbons (Fsp3) is 0.442. The van der Waals surface area contributed by atoms with Crippen molar-refractivity contribution in [2.75, 3.05) is 13.2 Å². The van der Waals surface area contributed by atoms with Crippen LogP contribution < -0.4 is 10.6 Å². The summed E-state index contributed by atoms with van der Waals surface area (Å²) >= 11 is 3.39. The maximum atomic E-state index is 12.5. The highest BCUT2D eigenvalue weighted by Gasteiger charge is 2.28. The lowest BCUT2D eigenvalue weighted by Gasteiger charge is -2.27. The first-order valence-corrected chi connectivity index (χ1v) is 22.9. The van der Waals surface area contributed by atoms with E-state index in [2.05, 4.69) is 47.3 Å². The third kappa shape index (κ3) is 18.8. The molecule has 4 N–H and O–H groups in total. The first kappa shape index (κ1) is 52.6. The Hall–Kier alpha value is -5.05. The highest BCUT2D eigenvalue weighted by molar-refractivity contribution is 9.10. The van der Waals surface area contributed by atoms with Gasteiger partial charge in [0.05, 0.1) is 43.2 Å². The molecule has 2 amide bonds. The summed E-state index contributed by atoms with van der Waals surface area (Å²) in [5.41, 5.74) is 4.09. The molecule has 4 atom stereocenters. The molecule has 0 aliphatic rings. The standard InChI is InChI=1S/C30H41N3O4.C22H28BrNO4/c1-29(2,3)27-31-25(19-33(27)7)22-13-15-23(16-14-22)26(34)24(32-28(35)37-30(4,5)6)17-18-36-20-21-11-9-8-10-12-21;1-22(2,3)28-21(26)24-19(20(25)17-9-11-18(23)12-10-17)13-14-27-15-16-7-5-4-6-8-16/h8-16,19,24,26,34H,17-18,20H2,1-7H3,(H,32,35);4-12,19-20,25H,13-15H2,1-3H3,(H,24,26). The lowest BCUT2D eigenvalue weighted by atomic mass is 9.96. The van der Waals surface area contributed by atoms with Crippen LogP contribution in [0.2, 0.25) is 0 Å². The van der Waals surface area contributed by atoms with Crippen molar-refractivity contribution in [3.8, 4) is 11.3 Å². The molecule has 4 unspecified atom stereocenters. The highest BCUT2D eigenvalue weighted by atomic mass is 79.9. The molecular weight excluding hydrogens is 888 g/mol. The number of benzene rings is 4. The molecule has 4 aromatic carbocycles. The van der Waals surface area contributed by atoms with Gasteiger partial charge in [-0.1, -0.05) is 134 Å². The van der Waals surface area contributed by atoms with E-state index in [4.69, 9.17) is 23.9 Å². The summed E-state index contributed by atoms with van der Waals surface area (Å²) in [6, 6.07) is 33.6. The van der Waals surface area contributed by atoms with Gasteiger partial charge in [0.15, 0.2) is 0 Å². The van der Waals surface area contributed by atoms with E-state index in [-0.39, 0.29) is 5.41 Å². The number of aliphatic hydroxyl groups is 2. The first-order chi connectivity index (χ1) is 30.6. The van der Waals surface area contributed by atoms with Crippen molar-refractivity contribution >= 4 is 28.1 Å². The third-order valence-electron chi connectivity index (χ3n) is 9.84. The Morgan fingerprint density at radius 3 is 1.40 bits per heavy atom. The monoisotopic (exact) mass is 956 g/mol. The Morgan fingerprint density at radius 2 is 1.03 bits per heavy atom. The second-order valence-electron chi connectivity index (χ2n) is 19.0. The predicted octanol–water partition coefficient (Wildman–Crippen LogP) is 10.9. The fourth-order valence-electron chi connectivity index (χ4n) is 6.76. The van der Waals surface area contributed by atoms with Crippen LogP contribution in [-0.4, -0.2) is 68.5 Å². The minimum absolute atomic E-state index is 0.0632. The third-order valence-corrected chi connectivity index (χ3v) is 10.4. The number of aliphatic hydroxyl groups excluding tert-OH is 2. The summed E-state index contributed by atoms with van der Waals surface area (Å²) in [5.74, 6) is 1.00. The van der Waals surface area contributed by atoms with Crippen LogP contribution in [0.1, 0.15) is 115 Å². The van der Waals surface area contributed by atoms with Gasteiger partial charge in [0.2, 0.25) is 0 Å². The largest absolute Gasteiger partial charge is 0.444 e. The number of rotatable bonds is 17. The molecule has 0 bridgehead atoms. The summed E-state index contributed by atoms with van der Waals surface area (Å²) < 4.78 is 25.3. The molecule has 13 heteroatoms. The van der Waals surface area contributed by atoms with E-state index in [0.717, 1.165) is 32.7 Å². The Kier molecular flexibility index (Phi) is 19.8. The van der Waals surface area contributed by atoms with Crippen LogP contribution in [0.15, 0.2) is 120 Å². The van der Waals surface area contributed by atoms with E-state index in [1.165, 1.54) is 0 Å². The van der Waals surface area contributed by atoms with Crippen molar-refractivity contribution in [3.63, 3.8) is 0 Å². The summed E-state index contributed by atoms with van der Waals surface area (Å²) in [6.07, 6.45) is -0.0518. The number of halogens is 1. The van der Waals surface area contributed by atoms with Gasteiger partial charge in [-0.25, -0.2) is 14.6 Å². The molecule has 12 nitrogen and oxygen atoms in total. The van der Waals surface area contributed by atoms with Gasteiger partial charge < -0.3 is 44.4 Å². The zero-order valence-corrected chi connectivity index (χ0v) is 41.2. The predicted molar refractivity (Wildman–Crippen MR) is 259 cm³/mol. The summed E-state index contributed by atoms with van der Waals surface area (Å²) in [4.78, 5) is 29.6. The smallest absolute Gasteiger partial charge is 0.407 e. The van der Waals surface area contributed by atoms with Crippen LogP contribution in [0.5, 0.6) is 0 Å². The minimum atomic E-state index is -0.934. The second-order valence-corrected chi connectivity index (χ2v) is 19.9. The number of hydrogen-bond donors (Lipinski definition) is 4. The van der Waals surface area contributed by atoms with E-state index >= 15 is 0 Å². The molecule has 0 spiro atoms. The Bertz CT molecular complexity index is 2180. The molecule has 0 aliphatic heterocycles. The Labute approximate surface area is 394 Å². The molecule has 0 aliphatic carbocycles. The summed E-state index contributed by atoms with van der Waals surface area (Å²) in [7, 11) is 2.00. The van der Waals surface area contributed by atoms with Gasteiger partial charge in [0, 0.05) is 41.9 Å². The second kappa shape index (κ2) is 24.5. The zero-order chi connectivity index (χ0) is 47.8. The van der Waals surface area contributed by atoms with E-state index in [1.807, 2.05) is 148 Å². The SMILES string of the molecule is CC(C)(C)OC(=O)NC(CCOCc1ccccc1)C(O)c1ccc(Br)cc1.Cn1cc(-c2ccc(C(O)C(CCOCc3ccccc3)NC(=O)OC(C)(C)C)cc2)nc1C(C)(C)C. The van der Waals surface area contributed by atoms with Crippen molar-refractivity contribution in [3.05, 3.63) is 148 Å². The average molecular weight is 958 g/mol. The van der Waals surface area contributed by atoms with Crippen LogP contribution in [-0.2, 0) is 44.6 Å². The van der Waals surface area contributed by atoms with Gasteiger partial charge >= 0.3 is 12.2 Å². The van der Waals surface area contributed by atoms with Crippen molar-refractivity contribution in [1.82, 2.24) is 20.2 Å². The number of alkyl carbamates (subject to hydrolysis) is 2. The minimum Gasteiger partial charge on any atom is -0.444 e. The number of nitrogens with one attached hydrogen (secondary N) is 2. The van der Waals surface area contributed by atoms with Crippen LogP contribution >= 0.6 is 15.9 Å². The Morgan fingerprint density at radius 1 is 0.631 bits per heavy atom. The van der Waals surface area contributed by atoms with E-state index in [1.54, 1.807) is 20.8 Å². The lowest BCUT2D eigenvalue weighted by Crippen LogP contribution is -2.43. The van der Waals surface area contributed by atoms with E-state index < -0.39 is 47.7 Å². The molecule has 0 radical (unpaired) electrons. The van der Waals surface area contributed by atoms with Crippen molar-refractivity contribution in [2.24, 2.45) is 7.05 Å². The number of carbonyl (C=O) groups is 2. The number of carbonyl (C=O) groups excluding carboxylic acids is 2. The Balaban J connectivity index is 0.000000296. The van der Waals surface area contributed by atoms with Gasteiger partial charge in [-0.3, -0.25) is 0 Å². The van der Waals surface area contributed by atoms with Gasteiger partial charge in [-0.15, -0.1) is 0 Å². The molecule has 0 fully saturated rings. The van der Waals surface area contributed by atoms with Crippen LogP contribution in [0.4, 0.5) is 9.59 Å². The fourth-order valence-corrected chi connectivity index (χ4v) is 7.03. The first-order valence-electron chi connectivity index (χ1n) is 22.1. The molecule has 65 heavy (non-hydrogen) atoms. The molecule has 352 valence electrons. The number of hydrogen-bond acceptors (Lipinski definition) is 9. The molecule has 0 saturated heterocycles. The summed E-state index contributed by atoms with van der Waals surface area (Å²) in [6.45, 7) is 18.9. The normalized spacial score (nSPS) is 13.7. The van der Waals surface area contributed by atoms with Crippen LogP contribution in [0.3, 0.4) is 0 Å². The number of amides is 2. The quantitative estimate of drug-likeness (QED) is 0.0667. The number of aromatic nitrogens is 2. The van der Waals surface area contributed by atoms with Crippen molar-refractivity contribution in [1.29, 1.82) is 0 Å². The molecular formula is C52H69BrN4O8. The molecule has 1 aromatic heterocycles. The van der Waals surface area contributed by atoms with E-state index in [0.29, 0.717) is 50.4 Å². The number of aryl methyl sites for hydroxylation is 1. The summed E-state index contributed by atoms with van der Waals surface area (Å²) in [5, 5.41) is 27.6. The zero-order valence-electron chi connectivity index (χ0n) is 39.6. The molecule has 5 aromatic rings. The van der Waals surface area contributed by atoms with Gasteiger partial charge in [-0.05, 0) is 88.8 Å². The van der Waals surface area contributed by atoms with Crippen molar-refractivity contribution in [2.45, 2.75) is 129 Å². The van der Waals surface area contributed by atoms with Gasteiger partial charge in [0.25, 0.3) is 0 Å². The maximum absolute atomic E-state index is 12.5. The number of ether oxygens (including phenoxy) is 4. The van der Waals surface area contributed by atoms with E-state index in [9.17, 15) is 19.8 Å². The van der Waals surface area contributed by atoms with Crippen LogP contribution in [0.25, 0.3) is 11.3 Å². The number of nitrogens with zero attached hydrogens (tertiary/aromatic N) is 2. The maximum Gasteiger partial charge on any atom is 0.407 e. The van der Waals surface area contributed by atoms with Crippen molar-refractivity contribution < 1.29 is 38.7 Å². The molecule has 0 saturated carbocycles. The average Bonchev–Trinajstić information content (AvgIpc) is 3.65. The highest BCUT2D eigenvalue weighted by Crippen LogP contribution is 2.28. The lowest BCUT2D eigenvalue weighted by molar-refractivity contribution is 0.0347. The van der Waals surface area contributed by atoms with Gasteiger partial charge in [-0.2, -0.15) is 0 Å². The molecule has 5 rings (SSSR count). The number of imidazole rings is 1. The van der Waals surface area contributed by atoms with Crippen LogP contribution in [0, 0.1) is 0 Å². The molecule has 1 heterocycles. The topological polar surface area (TPSA) is 153 Å².